The van der Waals surface area contributed by atoms with Gasteiger partial charge in [0.1, 0.15) is 6.10 Å². The summed E-state index contributed by atoms with van der Waals surface area (Å²) in [4.78, 5) is 22.0. The van der Waals surface area contributed by atoms with Crippen molar-refractivity contribution in [2.75, 3.05) is 45.1 Å². The lowest BCUT2D eigenvalue weighted by Crippen LogP contribution is -2.38. The number of para-hydroxylation sites is 1. The maximum Gasteiger partial charge on any atom is 0.411 e. The molecule has 4 rings (SSSR count). The quantitative estimate of drug-likeness (QED) is 0.184. The Morgan fingerprint density at radius 1 is 0.854 bits per heavy atom. The summed E-state index contributed by atoms with van der Waals surface area (Å²) in [5.74, 6) is 0. The van der Waals surface area contributed by atoms with E-state index in [-0.39, 0.29) is 12.2 Å². The molecule has 2 aromatic carbocycles. The number of hydrogen-bond acceptors (Lipinski definition) is 5. The molecule has 0 atom stereocenters. The summed E-state index contributed by atoms with van der Waals surface area (Å²) in [6.07, 6.45) is 13.6. The Bertz CT molecular complexity index is 1130. The van der Waals surface area contributed by atoms with Crippen LogP contribution in [0.3, 0.4) is 0 Å². The second-order valence-corrected chi connectivity index (χ2v) is 11.3. The van der Waals surface area contributed by atoms with E-state index < -0.39 is 0 Å². The molecular formula is C35H48N4O2. The number of amides is 1. The zero-order valence-electron chi connectivity index (χ0n) is 24.8. The number of hydrogen-bond donors (Lipinski definition) is 1. The van der Waals surface area contributed by atoms with Crippen molar-refractivity contribution >= 4 is 11.8 Å². The van der Waals surface area contributed by atoms with Gasteiger partial charge in [-0.15, -0.1) is 0 Å². The van der Waals surface area contributed by atoms with E-state index >= 15 is 0 Å². The SMILES string of the molecule is CN(CCCCCCCCCN1CCC(OC(=O)Nc2ccccc2-c2ccccc2)CC1)CCc1ccccn1. The fourth-order valence-electron chi connectivity index (χ4n) is 5.57. The number of pyridine rings is 1. The molecule has 1 N–H and O–H groups in total. The van der Waals surface area contributed by atoms with Gasteiger partial charge in [0.2, 0.25) is 0 Å². The van der Waals surface area contributed by atoms with Gasteiger partial charge in [-0.2, -0.15) is 0 Å². The van der Waals surface area contributed by atoms with E-state index in [1.165, 1.54) is 57.2 Å². The van der Waals surface area contributed by atoms with Crippen molar-refractivity contribution in [3.63, 3.8) is 0 Å². The Labute approximate surface area is 247 Å². The van der Waals surface area contributed by atoms with E-state index in [0.717, 1.165) is 62.3 Å². The number of benzene rings is 2. The Hall–Kier alpha value is -3.22. The minimum absolute atomic E-state index is 0.0100. The first-order valence-electron chi connectivity index (χ1n) is 15.6. The van der Waals surface area contributed by atoms with E-state index in [1.807, 2.05) is 54.7 Å². The molecule has 1 aromatic heterocycles. The lowest BCUT2D eigenvalue weighted by molar-refractivity contribution is 0.0585. The number of ether oxygens (including phenoxy) is 1. The van der Waals surface area contributed by atoms with E-state index in [1.54, 1.807) is 0 Å². The molecule has 41 heavy (non-hydrogen) atoms. The predicted octanol–water partition coefficient (Wildman–Crippen LogP) is 7.67. The van der Waals surface area contributed by atoms with Crippen LogP contribution in [0.15, 0.2) is 79.0 Å². The average molecular weight is 557 g/mol. The standard InChI is InChI=1S/C35H48N4O2/c1-38(27-21-31-18-12-13-24-36-31)25-14-5-3-2-4-6-15-26-39-28-22-32(23-29-39)41-35(40)37-34-20-11-10-19-33(34)30-16-8-7-9-17-30/h7-13,16-20,24,32H,2-6,14-15,21-23,25-29H2,1H3,(H,37,40). The lowest BCUT2D eigenvalue weighted by atomic mass is 10.0. The molecule has 6 nitrogen and oxygen atoms in total. The van der Waals surface area contributed by atoms with Crippen LogP contribution < -0.4 is 5.32 Å². The van der Waals surface area contributed by atoms with Crippen LogP contribution >= 0.6 is 0 Å². The van der Waals surface area contributed by atoms with Gasteiger partial charge in [-0.3, -0.25) is 10.3 Å². The van der Waals surface area contributed by atoms with Crippen molar-refractivity contribution < 1.29 is 9.53 Å². The summed E-state index contributed by atoms with van der Waals surface area (Å²) < 4.78 is 5.79. The number of carbonyl (C=O) groups excluding carboxylic acids is 1. The zero-order chi connectivity index (χ0) is 28.5. The van der Waals surface area contributed by atoms with Gasteiger partial charge in [0.25, 0.3) is 0 Å². The molecule has 0 saturated carbocycles. The van der Waals surface area contributed by atoms with Crippen molar-refractivity contribution in [3.05, 3.63) is 84.7 Å². The minimum Gasteiger partial charge on any atom is -0.446 e. The van der Waals surface area contributed by atoms with Crippen LogP contribution in [0, 0.1) is 0 Å². The summed E-state index contributed by atoms with van der Waals surface area (Å²) >= 11 is 0. The van der Waals surface area contributed by atoms with Gasteiger partial charge in [-0.1, -0.05) is 86.7 Å². The smallest absolute Gasteiger partial charge is 0.411 e. The third-order valence-electron chi connectivity index (χ3n) is 8.05. The third-order valence-corrected chi connectivity index (χ3v) is 8.05. The van der Waals surface area contributed by atoms with Crippen molar-refractivity contribution in [1.82, 2.24) is 14.8 Å². The molecule has 220 valence electrons. The number of rotatable bonds is 16. The number of likely N-dealkylation sites (N-methyl/N-ethyl adjacent to an activating group) is 1. The normalized spacial score (nSPS) is 14.3. The Morgan fingerprint density at radius 2 is 1.54 bits per heavy atom. The Morgan fingerprint density at radius 3 is 2.29 bits per heavy atom. The molecule has 0 radical (unpaired) electrons. The summed E-state index contributed by atoms with van der Waals surface area (Å²) in [7, 11) is 2.22. The molecule has 2 heterocycles. The summed E-state index contributed by atoms with van der Waals surface area (Å²) in [5, 5.41) is 2.97. The summed E-state index contributed by atoms with van der Waals surface area (Å²) in [6.45, 7) is 5.43. The number of anilines is 1. The van der Waals surface area contributed by atoms with Gasteiger partial charge < -0.3 is 14.5 Å². The van der Waals surface area contributed by atoms with Gasteiger partial charge in [-0.05, 0) is 69.6 Å². The first-order valence-corrected chi connectivity index (χ1v) is 15.6. The number of nitrogens with one attached hydrogen (secondary N) is 1. The molecule has 1 saturated heterocycles. The fraction of sp³-hybridized carbons (Fsp3) is 0.486. The monoisotopic (exact) mass is 556 g/mol. The maximum atomic E-state index is 12.6. The average Bonchev–Trinajstić information content (AvgIpc) is 3.01. The highest BCUT2D eigenvalue weighted by atomic mass is 16.6. The second-order valence-electron chi connectivity index (χ2n) is 11.3. The van der Waals surface area contributed by atoms with E-state index in [4.69, 9.17) is 4.74 Å². The number of piperidine rings is 1. The van der Waals surface area contributed by atoms with Gasteiger partial charge in [0.15, 0.2) is 0 Å². The molecule has 1 aliphatic rings. The first kappa shape index (κ1) is 30.7. The number of aromatic nitrogens is 1. The molecule has 0 unspecified atom stereocenters. The lowest BCUT2D eigenvalue weighted by Gasteiger charge is -2.31. The maximum absolute atomic E-state index is 12.6. The zero-order valence-corrected chi connectivity index (χ0v) is 24.8. The van der Waals surface area contributed by atoms with Crippen LogP contribution in [-0.4, -0.2) is 66.8 Å². The summed E-state index contributed by atoms with van der Waals surface area (Å²) in [5.41, 5.74) is 4.04. The van der Waals surface area contributed by atoms with Crippen molar-refractivity contribution in [3.8, 4) is 11.1 Å². The van der Waals surface area contributed by atoms with Crippen molar-refractivity contribution in [1.29, 1.82) is 0 Å². The Kier molecular flexibility index (Phi) is 13.2. The van der Waals surface area contributed by atoms with Crippen LogP contribution in [0.4, 0.5) is 10.5 Å². The minimum atomic E-state index is -0.358. The van der Waals surface area contributed by atoms with Crippen molar-refractivity contribution in [2.45, 2.75) is 70.3 Å². The number of unbranched alkanes of at least 4 members (excludes halogenated alkanes) is 6. The third kappa shape index (κ3) is 11.3. The first-order chi connectivity index (χ1) is 20.2. The Balaban J connectivity index is 0.996. The predicted molar refractivity (Wildman–Crippen MR) is 169 cm³/mol. The summed E-state index contributed by atoms with van der Waals surface area (Å²) in [6, 6.07) is 24.1. The van der Waals surface area contributed by atoms with E-state index in [0.29, 0.717) is 0 Å². The molecule has 3 aromatic rings. The highest BCUT2D eigenvalue weighted by Gasteiger charge is 2.22. The molecular weight excluding hydrogens is 508 g/mol. The van der Waals surface area contributed by atoms with Gasteiger partial charge in [-0.25, -0.2) is 4.79 Å². The molecule has 1 fully saturated rings. The van der Waals surface area contributed by atoms with Crippen LogP contribution in [0.2, 0.25) is 0 Å². The number of carbonyl (C=O) groups is 1. The topological polar surface area (TPSA) is 57.7 Å². The van der Waals surface area contributed by atoms with Crippen LogP contribution in [-0.2, 0) is 11.2 Å². The van der Waals surface area contributed by atoms with E-state index in [2.05, 4.69) is 51.4 Å². The molecule has 0 bridgehead atoms. The number of nitrogens with zero attached hydrogens (tertiary/aromatic N) is 3. The molecule has 6 heteroatoms. The highest BCUT2D eigenvalue weighted by Crippen LogP contribution is 2.28. The molecule has 1 aliphatic heterocycles. The molecule has 0 aliphatic carbocycles. The van der Waals surface area contributed by atoms with Gasteiger partial charge in [0.05, 0.1) is 5.69 Å². The van der Waals surface area contributed by atoms with Gasteiger partial charge in [0, 0.05) is 43.5 Å². The van der Waals surface area contributed by atoms with Crippen molar-refractivity contribution in [2.24, 2.45) is 0 Å². The highest BCUT2D eigenvalue weighted by molar-refractivity contribution is 5.91. The molecule has 0 spiro atoms. The fourth-order valence-corrected chi connectivity index (χ4v) is 5.57. The van der Waals surface area contributed by atoms with Gasteiger partial charge >= 0.3 is 6.09 Å². The van der Waals surface area contributed by atoms with Crippen LogP contribution in [0.1, 0.15) is 63.5 Å². The molecule has 1 amide bonds. The largest absolute Gasteiger partial charge is 0.446 e. The number of likely N-dealkylation sites (tertiary alicyclic amines) is 1. The van der Waals surface area contributed by atoms with Crippen LogP contribution in [0.5, 0.6) is 0 Å². The van der Waals surface area contributed by atoms with Crippen LogP contribution in [0.25, 0.3) is 11.1 Å². The van der Waals surface area contributed by atoms with E-state index in [9.17, 15) is 4.79 Å². The second kappa shape index (κ2) is 17.6.